The number of hydrogen-bond acceptors (Lipinski definition) is 4. The molecule has 39 heavy (non-hydrogen) atoms. The Labute approximate surface area is 240 Å². The van der Waals surface area contributed by atoms with Crippen LogP contribution >= 0.6 is 15.9 Å². The molecule has 0 radical (unpaired) electrons. The molecule has 0 bridgehead atoms. The number of sulfonamides is 1. The molecular weight excluding hydrogens is 578 g/mol. The van der Waals surface area contributed by atoms with E-state index in [1.54, 1.807) is 37.3 Å². The second-order valence-corrected chi connectivity index (χ2v) is 12.9. The van der Waals surface area contributed by atoms with E-state index in [-0.39, 0.29) is 23.4 Å². The summed E-state index contributed by atoms with van der Waals surface area (Å²) in [6.45, 7) is 10.6. The molecule has 0 saturated carbocycles. The Morgan fingerprint density at radius 2 is 1.54 bits per heavy atom. The van der Waals surface area contributed by atoms with Gasteiger partial charge in [-0.15, -0.1) is 0 Å². The number of halogens is 1. The van der Waals surface area contributed by atoms with Crippen LogP contribution in [0.2, 0.25) is 0 Å². The summed E-state index contributed by atoms with van der Waals surface area (Å²) in [7, 11) is -4.11. The van der Waals surface area contributed by atoms with E-state index in [4.69, 9.17) is 0 Å². The molecule has 3 aromatic rings. The summed E-state index contributed by atoms with van der Waals surface area (Å²) in [4.78, 5) is 28.5. The molecule has 0 aliphatic carbocycles. The Balaban J connectivity index is 2.08. The van der Waals surface area contributed by atoms with E-state index in [1.807, 2.05) is 71.0 Å². The van der Waals surface area contributed by atoms with E-state index >= 15 is 0 Å². The zero-order valence-electron chi connectivity index (χ0n) is 23.2. The number of benzene rings is 3. The third kappa shape index (κ3) is 7.70. The molecule has 7 nitrogen and oxygen atoms in total. The van der Waals surface area contributed by atoms with Crippen molar-refractivity contribution in [1.29, 1.82) is 0 Å². The average Bonchev–Trinajstić information content (AvgIpc) is 2.86. The molecule has 0 heterocycles. The molecule has 2 amide bonds. The van der Waals surface area contributed by atoms with Crippen LogP contribution in [0.25, 0.3) is 0 Å². The number of carbonyl (C=O) groups is 2. The third-order valence-corrected chi connectivity index (χ3v) is 8.63. The lowest BCUT2D eigenvalue weighted by Crippen LogP contribution is -2.52. The van der Waals surface area contributed by atoms with Gasteiger partial charge < -0.3 is 10.2 Å². The van der Waals surface area contributed by atoms with Gasteiger partial charge in [0.1, 0.15) is 12.6 Å². The monoisotopic (exact) mass is 613 g/mol. The number of anilines is 1. The first-order chi connectivity index (χ1) is 18.3. The van der Waals surface area contributed by atoms with Crippen LogP contribution in [0.3, 0.4) is 0 Å². The summed E-state index contributed by atoms with van der Waals surface area (Å²) in [5.41, 5.74) is 3.73. The van der Waals surface area contributed by atoms with Gasteiger partial charge >= 0.3 is 0 Å². The van der Waals surface area contributed by atoms with E-state index in [0.29, 0.717) is 11.3 Å². The second-order valence-electron chi connectivity index (χ2n) is 10.1. The van der Waals surface area contributed by atoms with Gasteiger partial charge in [-0.25, -0.2) is 8.42 Å². The fraction of sp³-hybridized carbons (Fsp3) is 0.333. The lowest BCUT2D eigenvalue weighted by molar-refractivity contribution is -0.139. The molecule has 0 aromatic heterocycles. The van der Waals surface area contributed by atoms with Crippen molar-refractivity contribution in [3.05, 3.63) is 93.5 Å². The number of carbonyl (C=O) groups excluding carboxylic acids is 2. The third-order valence-electron chi connectivity index (χ3n) is 6.36. The first-order valence-electron chi connectivity index (χ1n) is 12.8. The van der Waals surface area contributed by atoms with Gasteiger partial charge in [-0.05, 0) is 88.6 Å². The predicted molar refractivity (Wildman–Crippen MR) is 159 cm³/mol. The normalized spacial score (nSPS) is 12.2. The Bertz CT molecular complexity index is 1440. The zero-order chi connectivity index (χ0) is 28.9. The summed E-state index contributed by atoms with van der Waals surface area (Å²) < 4.78 is 30.0. The minimum absolute atomic E-state index is 0.0888. The van der Waals surface area contributed by atoms with E-state index in [1.165, 1.54) is 4.90 Å². The maximum absolute atomic E-state index is 14.0. The van der Waals surface area contributed by atoms with Gasteiger partial charge in [-0.3, -0.25) is 13.9 Å². The average molecular weight is 615 g/mol. The van der Waals surface area contributed by atoms with Crippen LogP contribution in [0.4, 0.5) is 5.69 Å². The highest BCUT2D eigenvalue weighted by Gasteiger charge is 2.33. The first-order valence-corrected chi connectivity index (χ1v) is 15.0. The highest BCUT2D eigenvalue weighted by molar-refractivity contribution is 9.10. The molecule has 208 valence electrons. The fourth-order valence-corrected chi connectivity index (χ4v) is 6.08. The van der Waals surface area contributed by atoms with Gasteiger partial charge in [0.15, 0.2) is 0 Å². The number of hydrogen-bond donors (Lipinski definition) is 1. The van der Waals surface area contributed by atoms with Crippen LogP contribution in [0, 0.1) is 20.8 Å². The van der Waals surface area contributed by atoms with Crippen LogP contribution in [0.1, 0.15) is 43.0 Å². The van der Waals surface area contributed by atoms with Gasteiger partial charge in [0, 0.05) is 17.1 Å². The predicted octanol–water partition coefficient (Wildman–Crippen LogP) is 5.51. The van der Waals surface area contributed by atoms with E-state index < -0.39 is 28.5 Å². The largest absolute Gasteiger partial charge is 0.352 e. The van der Waals surface area contributed by atoms with Gasteiger partial charge in [-0.2, -0.15) is 0 Å². The van der Waals surface area contributed by atoms with Crippen molar-refractivity contribution >= 4 is 43.5 Å². The molecule has 0 aliphatic rings. The topological polar surface area (TPSA) is 86.8 Å². The molecule has 0 saturated heterocycles. The molecule has 0 aliphatic heterocycles. The SMILES string of the molecule is Cc1ccc(S(=O)(=O)N(CC(=O)N(Cc2cccc(Br)c2)[C@H](C)C(=O)NC(C)C)c2cc(C)ccc2C)cc1. The lowest BCUT2D eigenvalue weighted by Gasteiger charge is -2.33. The molecule has 9 heteroatoms. The van der Waals surface area contributed by atoms with E-state index in [2.05, 4.69) is 21.2 Å². The lowest BCUT2D eigenvalue weighted by atomic mass is 10.1. The molecule has 3 rings (SSSR count). The van der Waals surface area contributed by atoms with Crippen molar-refractivity contribution in [3.8, 4) is 0 Å². The maximum atomic E-state index is 14.0. The zero-order valence-corrected chi connectivity index (χ0v) is 25.6. The summed E-state index contributed by atoms with van der Waals surface area (Å²) >= 11 is 3.46. The number of aryl methyl sites for hydroxylation is 3. The summed E-state index contributed by atoms with van der Waals surface area (Å²) in [6.07, 6.45) is 0. The number of rotatable bonds is 10. The van der Waals surface area contributed by atoms with Gasteiger partial charge in [0.2, 0.25) is 11.8 Å². The Morgan fingerprint density at radius 3 is 2.15 bits per heavy atom. The van der Waals surface area contributed by atoms with Crippen LogP contribution in [-0.2, 0) is 26.2 Å². The molecule has 1 N–H and O–H groups in total. The smallest absolute Gasteiger partial charge is 0.264 e. The highest BCUT2D eigenvalue weighted by atomic mass is 79.9. The molecule has 3 aromatic carbocycles. The number of nitrogens with zero attached hydrogens (tertiary/aromatic N) is 2. The summed E-state index contributed by atoms with van der Waals surface area (Å²) in [5, 5.41) is 2.86. The van der Waals surface area contributed by atoms with Crippen LogP contribution < -0.4 is 9.62 Å². The van der Waals surface area contributed by atoms with Gasteiger partial charge in [0.05, 0.1) is 10.6 Å². The second kappa shape index (κ2) is 12.8. The van der Waals surface area contributed by atoms with Crippen molar-refractivity contribution in [1.82, 2.24) is 10.2 Å². The minimum Gasteiger partial charge on any atom is -0.352 e. The van der Waals surface area contributed by atoms with E-state index in [0.717, 1.165) is 25.5 Å². The van der Waals surface area contributed by atoms with Crippen molar-refractivity contribution in [2.45, 2.75) is 65.1 Å². The van der Waals surface area contributed by atoms with Gasteiger partial charge in [-0.1, -0.05) is 57.9 Å². The van der Waals surface area contributed by atoms with Crippen molar-refractivity contribution in [2.24, 2.45) is 0 Å². The molecule has 1 atom stereocenters. The highest BCUT2D eigenvalue weighted by Crippen LogP contribution is 2.29. The van der Waals surface area contributed by atoms with Crippen LogP contribution in [-0.4, -0.2) is 43.8 Å². The van der Waals surface area contributed by atoms with Crippen molar-refractivity contribution in [2.75, 3.05) is 10.8 Å². The standard InChI is InChI=1S/C30H36BrN3O4S/c1-20(2)32-30(36)24(6)33(18-25-8-7-9-26(31)17-25)29(35)19-34(28-16-22(4)10-13-23(28)5)39(37,38)27-14-11-21(3)12-15-27/h7-17,20,24H,18-19H2,1-6H3,(H,32,36)/t24-/m1/s1. The van der Waals surface area contributed by atoms with Crippen molar-refractivity contribution < 1.29 is 18.0 Å². The molecule has 0 fully saturated rings. The molecule has 0 unspecified atom stereocenters. The van der Waals surface area contributed by atoms with Crippen molar-refractivity contribution in [3.63, 3.8) is 0 Å². The number of amides is 2. The summed E-state index contributed by atoms with van der Waals surface area (Å²) in [5.74, 6) is -0.800. The quantitative estimate of drug-likeness (QED) is 0.326. The summed E-state index contributed by atoms with van der Waals surface area (Å²) in [6, 6.07) is 18.6. The molecular formula is C30H36BrN3O4S. The van der Waals surface area contributed by atoms with Crippen LogP contribution in [0.15, 0.2) is 76.1 Å². The fourth-order valence-electron chi connectivity index (χ4n) is 4.16. The Kier molecular flexibility index (Phi) is 9.96. The van der Waals surface area contributed by atoms with Crippen LogP contribution in [0.5, 0.6) is 0 Å². The minimum atomic E-state index is -4.11. The number of nitrogens with one attached hydrogen (secondary N) is 1. The van der Waals surface area contributed by atoms with E-state index in [9.17, 15) is 18.0 Å². The molecule has 0 spiro atoms. The Hall–Kier alpha value is -3.17. The Morgan fingerprint density at radius 1 is 0.897 bits per heavy atom. The maximum Gasteiger partial charge on any atom is 0.264 e. The van der Waals surface area contributed by atoms with Gasteiger partial charge in [0.25, 0.3) is 10.0 Å². The first kappa shape index (κ1) is 30.4.